The minimum atomic E-state index is -0.585. The molecule has 6 rings (SSSR count). The largest absolute Gasteiger partial charge is 0.508 e. The third kappa shape index (κ3) is 6.38. The molecule has 1 aromatic heterocycles. The van der Waals surface area contributed by atoms with E-state index in [9.17, 15) is 10.2 Å². The fraction of sp³-hybridized carbons (Fsp3) is 0.214. The van der Waals surface area contributed by atoms with Crippen molar-refractivity contribution in [3.63, 3.8) is 0 Å². The number of para-hydroxylation sites is 1. The third-order valence-electron chi connectivity index (χ3n) is 9.63. The molecule has 2 unspecified atom stereocenters. The number of aryl methyl sites for hydroxylation is 1. The van der Waals surface area contributed by atoms with Crippen LogP contribution in [0.3, 0.4) is 0 Å². The molecule has 0 fully saturated rings. The number of aliphatic hydroxyl groups excluding tert-OH is 1. The number of aromatic nitrogens is 1. The number of thioether (sulfide) groups is 1. The van der Waals surface area contributed by atoms with Crippen molar-refractivity contribution in [2.45, 2.75) is 37.5 Å². The number of hydrogen-bond acceptors (Lipinski definition) is 3. The molecule has 3 N–H and O–H groups in total. The predicted molar refractivity (Wildman–Crippen MR) is 195 cm³/mol. The highest BCUT2D eigenvalue weighted by atomic mass is 32.2. The van der Waals surface area contributed by atoms with Crippen molar-refractivity contribution in [1.29, 1.82) is 0 Å². The van der Waals surface area contributed by atoms with Crippen molar-refractivity contribution >= 4 is 22.7 Å². The fourth-order valence-corrected chi connectivity index (χ4v) is 7.70. The lowest BCUT2D eigenvalue weighted by Gasteiger charge is -2.47. The van der Waals surface area contributed by atoms with Crippen molar-refractivity contribution in [3.8, 4) is 16.9 Å². The van der Waals surface area contributed by atoms with Gasteiger partial charge in [-0.25, -0.2) is 0 Å². The lowest BCUT2D eigenvalue weighted by molar-refractivity contribution is 0.239. The van der Waals surface area contributed by atoms with Gasteiger partial charge in [0.1, 0.15) is 5.75 Å². The second-order valence-electron chi connectivity index (χ2n) is 12.2. The van der Waals surface area contributed by atoms with Crippen LogP contribution in [0, 0.1) is 5.92 Å². The normalized spacial score (nSPS) is 13.6. The molecule has 2 atom stereocenters. The van der Waals surface area contributed by atoms with E-state index < -0.39 is 5.41 Å². The zero-order chi connectivity index (χ0) is 31.9. The summed E-state index contributed by atoms with van der Waals surface area (Å²) in [4.78, 5) is 3.47. The van der Waals surface area contributed by atoms with Gasteiger partial charge in [0.25, 0.3) is 0 Å². The molecule has 5 aromatic carbocycles. The quantitative estimate of drug-likeness (QED) is 0.120. The van der Waals surface area contributed by atoms with Crippen molar-refractivity contribution in [2.75, 3.05) is 18.6 Å². The Hall–Kier alpha value is -4.25. The molecule has 0 aliphatic rings. The Morgan fingerprint density at radius 1 is 0.783 bits per heavy atom. The van der Waals surface area contributed by atoms with Gasteiger partial charge in [0.15, 0.2) is 0 Å². The highest BCUT2D eigenvalue weighted by Gasteiger charge is 2.47. The fourth-order valence-electron chi connectivity index (χ4n) is 7.27. The first-order valence-corrected chi connectivity index (χ1v) is 17.4. The first kappa shape index (κ1) is 31.7. The van der Waals surface area contributed by atoms with Gasteiger partial charge in [0, 0.05) is 28.4 Å². The van der Waals surface area contributed by atoms with Crippen LogP contribution in [0.15, 0.2) is 134 Å². The van der Waals surface area contributed by atoms with Gasteiger partial charge in [-0.2, -0.15) is 11.8 Å². The Morgan fingerprint density at radius 3 is 2.20 bits per heavy atom. The third-order valence-corrected chi connectivity index (χ3v) is 10.2. The van der Waals surface area contributed by atoms with E-state index in [1.807, 2.05) is 23.9 Å². The van der Waals surface area contributed by atoms with E-state index in [-0.39, 0.29) is 18.3 Å². The zero-order valence-corrected chi connectivity index (χ0v) is 27.4. The van der Waals surface area contributed by atoms with Gasteiger partial charge in [-0.05, 0) is 94.3 Å². The first-order valence-electron chi connectivity index (χ1n) is 16.1. The molecule has 0 saturated heterocycles. The molecule has 0 aliphatic carbocycles. The van der Waals surface area contributed by atoms with Crippen molar-refractivity contribution < 1.29 is 10.2 Å². The van der Waals surface area contributed by atoms with Crippen LogP contribution >= 0.6 is 11.8 Å². The number of fused-ring (bicyclic) bond motifs is 1. The van der Waals surface area contributed by atoms with Crippen LogP contribution in [0.25, 0.3) is 22.0 Å². The Morgan fingerprint density at radius 2 is 1.48 bits per heavy atom. The van der Waals surface area contributed by atoms with Gasteiger partial charge in [0.05, 0.1) is 6.61 Å². The van der Waals surface area contributed by atoms with Crippen LogP contribution in [0.2, 0.25) is 0 Å². The van der Waals surface area contributed by atoms with E-state index in [1.165, 1.54) is 38.8 Å². The number of benzene rings is 5. The molecule has 233 valence electrons. The van der Waals surface area contributed by atoms with Crippen LogP contribution in [-0.2, 0) is 24.7 Å². The Bertz CT molecular complexity index is 1850. The van der Waals surface area contributed by atoms with E-state index in [1.54, 1.807) is 12.1 Å². The second-order valence-corrected chi connectivity index (χ2v) is 13.2. The minimum absolute atomic E-state index is 0.0212. The summed E-state index contributed by atoms with van der Waals surface area (Å²) in [6.07, 6.45) is 6.54. The molecular weight excluding hydrogens is 583 g/mol. The van der Waals surface area contributed by atoms with E-state index in [2.05, 4.69) is 127 Å². The average Bonchev–Trinajstić information content (AvgIpc) is 3.52. The first-order chi connectivity index (χ1) is 22.5. The molecule has 0 amide bonds. The smallest absolute Gasteiger partial charge is 0.115 e. The molecule has 6 aromatic rings. The van der Waals surface area contributed by atoms with Gasteiger partial charge < -0.3 is 15.2 Å². The van der Waals surface area contributed by atoms with E-state index in [0.29, 0.717) is 6.42 Å². The van der Waals surface area contributed by atoms with E-state index in [4.69, 9.17) is 0 Å². The average molecular weight is 625 g/mol. The number of phenols is 1. The summed E-state index contributed by atoms with van der Waals surface area (Å²) in [5.74, 6) is 2.36. The molecule has 3 nitrogen and oxygen atoms in total. The van der Waals surface area contributed by atoms with Gasteiger partial charge in [-0.15, -0.1) is 0 Å². The Kier molecular flexibility index (Phi) is 9.97. The van der Waals surface area contributed by atoms with Crippen LogP contribution in [0.5, 0.6) is 5.75 Å². The number of aromatic amines is 1. The Balaban J connectivity index is 1.67. The molecule has 46 heavy (non-hydrogen) atoms. The molecule has 0 saturated carbocycles. The second kappa shape index (κ2) is 14.5. The van der Waals surface area contributed by atoms with Gasteiger partial charge >= 0.3 is 0 Å². The molecular formula is C42H42NO2S. The summed E-state index contributed by atoms with van der Waals surface area (Å²) in [6.45, 7) is 2.28. The van der Waals surface area contributed by atoms with Crippen molar-refractivity contribution in [3.05, 3.63) is 167 Å². The highest BCUT2D eigenvalue weighted by Crippen LogP contribution is 2.53. The lowest BCUT2D eigenvalue weighted by atomic mass is 9.56. The number of rotatable bonds is 13. The molecule has 0 aliphatic heterocycles. The summed E-state index contributed by atoms with van der Waals surface area (Å²) in [7, 11) is 0. The summed E-state index contributed by atoms with van der Waals surface area (Å²) in [5.41, 5.74) is 8.91. The lowest BCUT2D eigenvalue weighted by Crippen LogP contribution is -2.44. The highest BCUT2D eigenvalue weighted by molar-refractivity contribution is 7.98. The maximum Gasteiger partial charge on any atom is 0.115 e. The van der Waals surface area contributed by atoms with Crippen LogP contribution < -0.4 is 0 Å². The molecule has 0 bridgehead atoms. The summed E-state index contributed by atoms with van der Waals surface area (Å²) in [6, 6.07) is 44.3. The molecule has 0 spiro atoms. The van der Waals surface area contributed by atoms with Gasteiger partial charge in [-0.3, -0.25) is 0 Å². The monoisotopic (exact) mass is 624 g/mol. The number of aromatic hydroxyl groups is 1. The van der Waals surface area contributed by atoms with E-state index in [0.717, 1.165) is 35.6 Å². The number of phenolic OH excluding ortho intramolecular Hbond substituents is 1. The number of aliphatic hydroxyl groups is 1. The van der Waals surface area contributed by atoms with Gasteiger partial charge in [-0.1, -0.05) is 116 Å². The topological polar surface area (TPSA) is 56.2 Å². The van der Waals surface area contributed by atoms with Crippen LogP contribution in [-0.4, -0.2) is 33.8 Å². The number of hydrogen-bond donors (Lipinski definition) is 3. The van der Waals surface area contributed by atoms with Crippen LogP contribution in [0.4, 0.5) is 0 Å². The number of H-pyrrole nitrogens is 1. The predicted octanol–water partition coefficient (Wildman–Crippen LogP) is 9.54. The van der Waals surface area contributed by atoms with Crippen molar-refractivity contribution in [2.24, 2.45) is 0 Å². The zero-order valence-electron chi connectivity index (χ0n) is 26.6. The summed E-state index contributed by atoms with van der Waals surface area (Å²) < 4.78 is 0. The minimum Gasteiger partial charge on any atom is -0.508 e. The molecule has 1 heterocycles. The standard InChI is InChI=1S/C42H42NO2S/c1-30(32-14-7-4-8-15-32)42(27-31-12-5-3-6-13-31,36(29-44)26-35-28-43-40-19-10-9-17-38(35)40)39-18-11-16-33(24-25-46-2)41(39)34-20-22-37(45)23-21-34/h3-23,28,30,43-45H,24-27,29H2,1-2H3. The SMILES string of the molecule is CSCCc1cccc(C(Cc2ccccc2)([C](CO)Cc2c[nH]c3ccccc23)C(C)c2ccccc2)c1-c1ccc(O)cc1. The van der Waals surface area contributed by atoms with Gasteiger partial charge in [0.2, 0.25) is 0 Å². The Labute approximate surface area is 277 Å². The molecule has 4 heteroatoms. The summed E-state index contributed by atoms with van der Waals surface area (Å²) in [5, 5.41) is 23.1. The van der Waals surface area contributed by atoms with Crippen LogP contribution in [0.1, 0.15) is 40.7 Å². The van der Waals surface area contributed by atoms with E-state index >= 15 is 0 Å². The number of nitrogens with one attached hydrogen (secondary N) is 1. The summed E-state index contributed by atoms with van der Waals surface area (Å²) >= 11 is 1.85. The molecule has 1 radical (unpaired) electrons. The van der Waals surface area contributed by atoms with Crippen molar-refractivity contribution in [1.82, 2.24) is 4.98 Å². The maximum absolute atomic E-state index is 11.6. The maximum atomic E-state index is 11.6.